The molecule has 146 valence electrons. The highest BCUT2D eigenvalue weighted by atomic mass is 19.1. The maximum atomic E-state index is 13.2. The zero-order valence-electron chi connectivity index (χ0n) is 15.7. The van der Waals surface area contributed by atoms with Crippen LogP contribution in [0.5, 0.6) is 0 Å². The Hall–Kier alpha value is -2.89. The number of rotatable bonds is 4. The smallest absolute Gasteiger partial charge is 0.321 e. The Balaban J connectivity index is 1.29. The minimum atomic E-state index is -0.504. The third kappa shape index (κ3) is 3.86. The second-order valence-corrected chi connectivity index (χ2v) is 7.62. The zero-order valence-corrected chi connectivity index (χ0v) is 15.7. The number of anilines is 1. The average Bonchev–Trinajstić information content (AvgIpc) is 3.52. The van der Waals surface area contributed by atoms with Crippen LogP contribution in [-0.2, 0) is 10.2 Å². The maximum Gasteiger partial charge on any atom is 0.321 e. The molecule has 2 N–H and O–H groups in total. The topological polar surface area (TPSA) is 61.4 Å². The number of carbonyl (C=O) groups excluding carboxylic acids is 2. The van der Waals surface area contributed by atoms with Crippen molar-refractivity contribution < 1.29 is 14.0 Å². The van der Waals surface area contributed by atoms with Gasteiger partial charge in [0.25, 0.3) is 0 Å². The number of likely N-dealkylation sites (tertiary alicyclic amines) is 1. The van der Waals surface area contributed by atoms with E-state index in [2.05, 4.69) is 10.6 Å². The highest BCUT2D eigenvalue weighted by Crippen LogP contribution is 2.48. The number of nitrogens with zero attached hydrogens (tertiary/aromatic N) is 1. The molecule has 1 aliphatic heterocycles. The van der Waals surface area contributed by atoms with E-state index in [1.165, 1.54) is 12.1 Å². The van der Waals surface area contributed by atoms with E-state index in [-0.39, 0.29) is 23.8 Å². The van der Waals surface area contributed by atoms with Gasteiger partial charge in [0, 0.05) is 24.8 Å². The second-order valence-electron chi connectivity index (χ2n) is 7.62. The van der Waals surface area contributed by atoms with Gasteiger partial charge in [-0.3, -0.25) is 4.79 Å². The summed E-state index contributed by atoms with van der Waals surface area (Å²) in [5.41, 5.74) is 1.15. The molecule has 2 aromatic rings. The first-order chi connectivity index (χ1) is 13.6. The van der Waals surface area contributed by atoms with Crippen molar-refractivity contribution in [3.8, 4) is 0 Å². The van der Waals surface area contributed by atoms with Gasteiger partial charge in [-0.25, -0.2) is 9.18 Å². The fourth-order valence-corrected chi connectivity index (χ4v) is 3.82. The minimum absolute atomic E-state index is 0.0197. The lowest BCUT2D eigenvalue weighted by Gasteiger charge is -2.33. The SMILES string of the molecule is O=C(Nc1ccccc1)N1CCC(NC(=O)C2(c3ccc(F)cc3)CC2)CC1. The summed E-state index contributed by atoms with van der Waals surface area (Å²) in [7, 11) is 0. The van der Waals surface area contributed by atoms with Crippen molar-refractivity contribution in [1.29, 1.82) is 0 Å². The molecule has 1 saturated heterocycles. The van der Waals surface area contributed by atoms with Crippen LogP contribution in [0.1, 0.15) is 31.2 Å². The van der Waals surface area contributed by atoms with E-state index in [0.717, 1.165) is 36.9 Å². The molecule has 0 aromatic heterocycles. The number of hydrogen-bond acceptors (Lipinski definition) is 2. The quantitative estimate of drug-likeness (QED) is 0.849. The predicted octanol–water partition coefficient (Wildman–Crippen LogP) is 3.67. The first kappa shape index (κ1) is 18.5. The Morgan fingerprint density at radius 3 is 2.21 bits per heavy atom. The van der Waals surface area contributed by atoms with Crippen molar-refractivity contribution >= 4 is 17.6 Å². The highest BCUT2D eigenvalue weighted by molar-refractivity contribution is 5.91. The van der Waals surface area contributed by atoms with Gasteiger partial charge in [0.1, 0.15) is 5.82 Å². The molecule has 0 spiro atoms. The van der Waals surface area contributed by atoms with Crippen LogP contribution in [0.15, 0.2) is 54.6 Å². The van der Waals surface area contributed by atoms with Gasteiger partial charge in [-0.05, 0) is 55.5 Å². The van der Waals surface area contributed by atoms with Gasteiger partial charge in [0.2, 0.25) is 5.91 Å². The Kier molecular flexibility index (Phi) is 5.03. The molecule has 1 saturated carbocycles. The van der Waals surface area contributed by atoms with Crippen LogP contribution in [0.4, 0.5) is 14.9 Å². The molecule has 3 amide bonds. The first-order valence-corrected chi connectivity index (χ1v) is 9.75. The summed E-state index contributed by atoms with van der Waals surface area (Å²) in [6, 6.07) is 15.6. The molecule has 0 atom stereocenters. The van der Waals surface area contributed by atoms with Gasteiger partial charge in [-0.1, -0.05) is 30.3 Å². The summed E-state index contributed by atoms with van der Waals surface area (Å²) in [5.74, 6) is -0.271. The molecule has 2 aliphatic rings. The minimum Gasteiger partial charge on any atom is -0.352 e. The largest absolute Gasteiger partial charge is 0.352 e. The second kappa shape index (κ2) is 7.62. The number of carbonyl (C=O) groups is 2. The molecule has 0 radical (unpaired) electrons. The first-order valence-electron chi connectivity index (χ1n) is 9.75. The van der Waals surface area contributed by atoms with E-state index < -0.39 is 5.41 Å². The van der Waals surface area contributed by atoms with E-state index >= 15 is 0 Å². The van der Waals surface area contributed by atoms with Crippen LogP contribution < -0.4 is 10.6 Å². The Labute approximate surface area is 163 Å². The average molecular weight is 381 g/mol. The summed E-state index contributed by atoms with van der Waals surface area (Å²) in [6.07, 6.45) is 3.05. The van der Waals surface area contributed by atoms with Crippen molar-refractivity contribution in [2.45, 2.75) is 37.1 Å². The fourth-order valence-electron chi connectivity index (χ4n) is 3.82. The summed E-state index contributed by atoms with van der Waals surface area (Å²) in [5, 5.41) is 6.05. The van der Waals surface area contributed by atoms with E-state index in [0.29, 0.717) is 13.1 Å². The van der Waals surface area contributed by atoms with Gasteiger partial charge in [0.15, 0.2) is 0 Å². The van der Waals surface area contributed by atoms with E-state index in [1.54, 1.807) is 17.0 Å². The molecule has 2 aromatic carbocycles. The Morgan fingerprint density at radius 2 is 1.61 bits per heavy atom. The molecule has 6 heteroatoms. The molecule has 0 bridgehead atoms. The van der Waals surface area contributed by atoms with Gasteiger partial charge < -0.3 is 15.5 Å². The molecule has 1 heterocycles. The summed E-state index contributed by atoms with van der Waals surface area (Å²) in [4.78, 5) is 27.0. The molecule has 28 heavy (non-hydrogen) atoms. The summed E-state index contributed by atoms with van der Waals surface area (Å²) < 4.78 is 13.2. The van der Waals surface area contributed by atoms with Crippen molar-refractivity contribution in [3.05, 3.63) is 66.0 Å². The van der Waals surface area contributed by atoms with Crippen LogP contribution in [0.3, 0.4) is 0 Å². The lowest BCUT2D eigenvalue weighted by molar-refractivity contribution is -0.124. The molecule has 4 rings (SSSR count). The number of benzene rings is 2. The number of piperidine rings is 1. The summed E-state index contributed by atoms with van der Waals surface area (Å²) in [6.45, 7) is 1.21. The number of para-hydroxylation sites is 1. The third-order valence-corrected chi connectivity index (χ3v) is 5.72. The van der Waals surface area contributed by atoms with Crippen molar-refractivity contribution in [2.75, 3.05) is 18.4 Å². The van der Waals surface area contributed by atoms with Gasteiger partial charge in [-0.2, -0.15) is 0 Å². The van der Waals surface area contributed by atoms with Crippen molar-refractivity contribution in [1.82, 2.24) is 10.2 Å². The van der Waals surface area contributed by atoms with E-state index in [9.17, 15) is 14.0 Å². The predicted molar refractivity (Wildman–Crippen MR) is 106 cm³/mol. The molecule has 2 fully saturated rings. The number of nitrogens with one attached hydrogen (secondary N) is 2. The Morgan fingerprint density at radius 1 is 0.964 bits per heavy atom. The third-order valence-electron chi connectivity index (χ3n) is 5.72. The van der Waals surface area contributed by atoms with E-state index in [4.69, 9.17) is 0 Å². The number of hydrogen-bond donors (Lipinski definition) is 2. The maximum absolute atomic E-state index is 13.2. The number of urea groups is 1. The van der Waals surface area contributed by atoms with Crippen molar-refractivity contribution in [2.24, 2.45) is 0 Å². The monoisotopic (exact) mass is 381 g/mol. The lowest BCUT2D eigenvalue weighted by atomic mass is 9.94. The molecule has 0 unspecified atom stereocenters. The van der Waals surface area contributed by atoms with Gasteiger partial charge in [0.05, 0.1) is 5.41 Å². The molecular formula is C22H24FN3O2. The molecular weight excluding hydrogens is 357 g/mol. The van der Waals surface area contributed by atoms with Gasteiger partial charge in [-0.15, -0.1) is 0 Å². The van der Waals surface area contributed by atoms with Crippen LogP contribution in [-0.4, -0.2) is 36.0 Å². The van der Waals surface area contributed by atoms with Crippen molar-refractivity contribution in [3.63, 3.8) is 0 Å². The van der Waals surface area contributed by atoms with E-state index in [1.807, 2.05) is 30.3 Å². The van der Waals surface area contributed by atoms with Gasteiger partial charge >= 0.3 is 6.03 Å². The zero-order chi connectivity index (χ0) is 19.6. The lowest BCUT2D eigenvalue weighted by Crippen LogP contribution is -2.49. The van der Waals surface area contributed by atoms with Crippen LogP contribution in [0.2, 0.25) is 0 Å². The van der Waals surface area contributed by atoms with Crippen LogP contribution in [0.25, 0.3) is 0 Å². The number of amides is 3. The number of halogens is 1. The highest BCUT2D eigenvalue weighted by Gasteiger charge is 2.51. The van der Waals surface area contributed by atoms with Crippen LogP contribution in [0, 0.1) is 5.82 Å². The summed E-state index contributed by atoms with van der Waals surface area (Å²) >= 11 is 0. The molecule has 1 aliphatic carbocycles. The Bertz CT molecular complexity index is 842. The fraction of sp³-hybridized carbons (Fsp3) is 0.364. The molecule has 5 nitrogen and oxygen atoms in total. The van der Waals surface area contributed by atoms with Crippen LogP contribution >= 0.6 is 0 Å². The standard InChI is InChI=1S/C22H24FN3O2/c23-17-8-6-16(7-9-17)22(12-13-22)20(27)24-19-10-14-26(15-11-19)21(28)25-18-4-2-1-3-5-18/h1-9,19H,10-15H2,(H,24,27)(H,25,28). The normalized spacial score (nSPS) is 18.4.